The molecule has 0 saturated heterocycles. The number of hydrogen-bond acceptors (Lipinski definition) is 5. The second-order valence-corrected chi connectivity index (χ2v) is 9.13. The van der Waals surface area contributed by atoms with Crippen LogP contribution in [0.3, 0.4) is 0 Å². The third-order valence-electron chi connectivity index (χ3n) is 6.18. The van der Waals surface area contributed by atoms with E-state index in [0.29, 0.717) is 17.1 Å². The molecule has 1 aromatic heterocycles. The third-order valence-corrected chi connectivity index (χ3v) is 6.18. The lowest BCUT2D eigenvalue weighted by atomic mass is 10.0. The predicted molar refractivity (Wildman–Crippen MR) is 151 cm³/mol. The van der Waals surface area contributed by atoms with Crippen LogP contribution in [0.2, 0.25) is 0 Å². The second-order valence-electron chi connectivity index (χ2n) is 9.13. The molecule has 4 aromatic rings. The van der Waals surface area contributed by atoms with E-state index in [1.54, 1.807) is 38.3 Å². The van der Waals surface area contributed by atoms with Gasteiger partial charge in [0.15, 0.2) is 0 Å². The normalized spacial score (nSPS) is 11.3. The van der Waals surface area contributed by atoms with Crippen LogP contribution in [0.4, 0.5) is 5.69 Å². The molecule has 1 amide bonds. The van der Waals surface area contributed by atoms with E-state index in [4.69, 9.17) is 4.74 Å². The van der Waals surface area contributed by atoms with Gasteiger partial charge in [-0.1, -0.05) is 43.7 Å². The number of rotatable bonds is 8. The largest absolute Gasteiger partial charge is 0.496 e. The van der Waals surface area contributed by atoms with Crippen molar-refractivity contribution in [1.29, 1.82) is 0 Å². The van der Waals surface area contributed by atoms with Gasteiger partial charge in [0.25, 0.3) is 11.5 Å². The number of carbonyl (C=O) groups is 1. The molecular formula is C31H32N4O3. The van der Waals surface area contributed by atoms with Crippen molar-refractivity contribution in [3.8, 4) is 17.0 Å². The lowest BCUT2D eigenvalue weighted by molar-refractivity contribution is 0.0976. The first-order valence-corrected chi connectivity index (χ1v) is 12.6. The molecule has 0 saturated carbocycles. The lowest BCUT2D eigenvalue weighted by Crippen LogP contribution is -2.28. The van der Waals surface area contributed by atoms with Gasteiger partial charge in [-0.15, -0.1) is 0 Å². The van der Waals surface area contributed by atoms with E-state index in [0.717, 1.165) is 46.5 Å². The number of ether oxygens (including phenoxy) is 1. The third kappa shape index (κ3) is 6.42. The van der Waals surface area contributed by atoms with Crippen molar-refractivity contribution in [2.24, 2.45) is 4.99 Å². The van der Waals surface area contributed by atoms with Crippen LogP contribution in [0.1, 0.15) is 47.3 Å². The van der Waals surface area contributed by atoms with Crippen LogP contribution in [0.5, 0.6) is 5.75 Å². The molecule has 0 bridgehead atoms. The Labute approximate surface area is 222 Å². The highest BCUT2D eigenvalue weighted by Gasteiger charge is 2.11. The summed E-state index contributed by atoms with van der Waals surface area (Å²) in [4.78, 5) is 30.0. The van der Waals surface area contributed by atoms with E-state index in [1.165, 1.54) is 10.7 Å². The minimum Gasteiger partial charge on any atom is -0.496 e. The molecule has 3 aromatic carbocycles. The average Bonchev–Trinajstić information content (AvgIpc) is 2.91. The molecule has 0 radical (unpaired) electrons. The van der Waals surface area contributed by atoms with Crippen LogP contribution in [0.25, 0.3) is 11.3 Å². The fourth-order valence-corrected chi connectivity index (χ4v) is 4.24. The fourth-order valence-electron chi connectivity index (χ4n) is 4.24. The van der Waals surface area contributed by atoms with E-state index in [-0.39, 0.29) is 18.0 Å². The molecule has 38 heavy (non-hydrogen) atoms. The zero-order valence-corrected chi connectivity index (χ0v) is 22.2. The number of para-hydroxylation sites is 1. The minimum absolute atomic E-state index is 0.216. The first-order valence-electron chi connectivity index (χ1n) is 12.6. The number of carbonyl (C=O) groups excluding carboxylic acids is 1. The van der Waals surface area contributed by atoms with E-state index in [1.807, 2.05) is 49.4 Å². The van der Waals surface area contributed by atoms with Gasteiger partial charge in [0.1, 0.15) is 11.6 Å². The molecule has 0 spiro atoms. The average molecular weight is 509 g/mol. The van der Waals surface area contributed by atoms with Crippen molar-refractivity contribution in [2.75, 3.05) is 7.11 Å². The van der Waals surface area contributed by atoms with Crippen molar-refractivity contribution in [3.63, 3.8) is 0 Å². The lowest BCUT2D eigenvalue weighted by Gasteiger charge is -2.12. The molecule has 1 N–H and O–H groups in total. The number of amides is 1. The van der Waals surface area contributed by atoms with Crippen molar-refractivity contribution >= 4 is 17.4 Å². The van der Waals surface area contributed by atoms with Crippen molar-refractivity contribution in [2.45, 2.75) is 40.2 Å². The number of nitrogens with zero attached hydrogens (tertiary/aromatic N) is 3. The summed E-state index contributed by atoms with van der Waals surface area (Å²) >= 11 is 0. The summed E-state index contributed by atoms with van der Waals surface area (Å²) in [5.74, 6) is 1.08. The molecule has 4 rings (SSSR count). The Morgan fingerprint density at radius 2 is 1.84 bits per heavy atom. The van der Waals surface area contributed by atoms with Gasteiger partial charge in [0, 0.05) is 17.2 Å². The Balaban J connectivity index is 1.54. The Morgan fingerprint density at radius 1 is 1.03 bits per heavy atom. The molecule has 0 aliphatic heterocycles. The fraction of sp³-hybridized carbons (Fsp3) is 0.226. The second kappa shape index (κ2) is 12.1. The SMILES string of the molecule is CCCc1cc(-c2ccc(=O)n(Cc3cccc(C(=O)NC(C)=Nc4ccccc4C)c3)n2)ccc1OC. The maximum absolute atomic E-state index is 12.9. The van der Waals surface area contributed by atoms with Gasteiger partial charge in [0.2, 0.25) is 0 Å². The summed E-state index contributed by atoms with van der Waals surface area (Å²) in [6.07, 6.45) is 1.88. The first kappa shape index (κ1) is 26.5. The van der Waals surface area contributed by atoms with Gasteiger partial charge in [-0.05, 0) is 79.4 Å². The van der Waals surface area contributed by atoms with Crippen LogP contribution < -0.4 is 15.6 Å². The van der Waals surface area contributed by atoms with E-state index in [9.17, 15) is 9.59 Å². The first-order chi connectivity index (χ1) is 18.4. The summed E-state index contributed by atoms with van der Waals surface area (Å²) in [6, 6.07) is 24.1. The topological polar surface area (TPSA) is 85.6 Å². The van der Waals surface area contributed by atoms with E-state index >= 15 is 0 Å². The molecular weight excluding hydrogens is 476 g/mol. The molecule has 0 fully saturated rings. The summed E-state index contributed by atoms with van der Waals surface area (Å²) in [5.41, 5.74) is 5.60. The molecule has 0 aliphatic rings. The Hall–Kier alpha value is -4.52. The Kier molecular flexibility index (Phi) is 8.48. The number of aryl methyl sites for hydroxylation is 2. The van der Waals surface area contributed by atoms with Crippen LogP contribution in [-0.4, -0.2) is 28.6 Å². The number of benzene rings is 3. The molecule has 7 nitrogen and oxygen atoms in total. The van der Waals surface area contributed by atoms with Crippen LogP contribution in [0.15, 0.2) is 88.6 Å². The van der Waals surface area contributed by atoms with Crippen molar-refractivity contribution < 1.29 is 9.53 Å². The maximum atomic E-state index is 12.9. The highest BCUT2D eigenvalue weighted by Crippen LogP contribution is 2.26. The van der Waals surface area contributed by atoms with Gasteiger partial charge in [-0.25, -0.2) is 9.67 Å². The molecule has 0 aliphatic carbocycles. The van der Waals surface area contributed by atoms with Gasteiger partial charge in [-0.3, -0.25) is 9.59 Å². The highest BCUT2D eigenvalue weighted by atomic mass is 16.5. The zero-order valence-electron chi connectivity index (χ0n) is 22.2. The zero-order chi connectivity index (χ0) is 27.1. The van der Waals surface area contributed by atoms with Gasteiger partial charge in [0.05, 0.1) is 25.0 Å². The summed E-state index contributed by atoms with van der Waals surface area (Å²) in [6.45, 7) is 6.09. The van der Waals surface area contributed by atoms with Crippen LogP contribution >= 0.6 is 0 Å². The van der Waals surface area contributed by atoms with Gasteiger partial charge in [-0.2, -0.15) is 5.10 Å². The van der Waals surface area contributed by atoms with Gasteiger partial charge < -0.3 is 10.1 Å². The quantitative estimate of drug-likeness (QED) is 0.244. The summed E-state index contributed by atoms with van der Waals surface area (Å²) in [7, 11) is 1.67. The van der Waals surface area contributed by atoms with Gasteiger partial charge >= 0.3 is 0 Å². The Morgan fingerprint density at radius 3 is 2.61 bits per heavy atom. The maximum Gasteiger partial charge on any atom is 0.267 e. The molecule has 0 atom stereocenters. The monoisotopic (exact) mass is 508 g/mol. The molecule has 0 unspecified atom stereocenters. The molecule has 1 heterocycles. The number of amidine groups is 1. The molecule has 7 heteroatoms. The summed E-state index contributed by atoms with van der Waals surface area (Å²) < 4.78 is 6.90. The molecule has 194 valence electrons. The number of aliphatic imine (C=N–C) groups is 1. The van der Waals surface area contributed by atoms with E-state index < -0.39 is 0 Å². The smallest absolute Gasteiger partial charge is 0.267 e. The van der Waals surface area contributed by atoms with Crippen molar-refractivity contribution in [1.82, 2.24) is 15.1 Å². The number of aromatic nitrogens is 2. The summed E-state index contributed by atoms with van der Waals surface area (Å²) in [5, 5.41) is 7.46. The Bertz CT molecular complexity index is 1540. The number of methoxy groups -OCH3 is 1. The van der Waals surface area contributed by atoms with Crippen molar-refractivity contribution in [3.05, 3.63) is 111 Å². The van der Waals surface area contributed by atoms with E-state index in [2.05, 4.69) is 28.4 Å². The number of hydrogen-bond donors (Lipinski definition) is 1. The minimum atomic E-state index is -0.266. The highest BCUT2D eigenvalue weighted by molar-refractivity contribution is 6.06. The van der Waals surface area contributed by atoms with Crippen LogP contribution in [0, 0.1) is 6.92 Å². The number of nitrogens with one attached hydrogen (secondary N) is 1. The standard InChI is InChI=1S/C31H32N4O3/c1-5-9-25-19-24(14-16-29(25)38-4)28-15-17-30(36)35(34-28)20-23-11-8-12-26(18-23)31(37)33-22(3)32-27-13-7-6-10-21(27)2/h6-8,10-19H,5,9,20H2,1-4H3,(H,32,33,37). The predicted octanol–water partition coefficient (Wildman–Crippen LogP) is 5.71. The van der Waals surface area contributed by atoms with Crippen LogP contribution in [-0.2, 0) is 13.0 Å².